The van der Waals surface area contributed by atoms with E-state index in [0.29, 0.717) is 11.5 Å². The molecule has 0 amide bonds. The van der Waals surface area contributed by atoms with Gasteiger partial charge in [-0.2, -0.15) is 0 Å². The van der Waals surface area contributed by atoms with Crippen LogP contribution in [0.2, 0.25) is 0 Å². The van der Waals surface area contributed by atoms with Gasteiger partial charge in [-0.15, -0.1) is 0 Å². The maximum Gasteiger partial charge on any atom is 0.0549 e. The van der Waals surface area contributed by atoms with Crippen LogP contribution in [0.25, 0.3) is 0 Å². The van der Waals surface area contributed by atoms with Gasteiger partial charge in [-0.1, -0.05) is 13.8 Å². The summed E-state index contributed by atoms with van der Waals surface area (Å²) in [5, 5.41) is 6.76. The summed E-state index contributed by atoms with van der Waals surface area (Å²) < 4.78 is 0. The standard InChI is InChI=1S/C12H19N3/c1-4-14-9-5-10(8-13-7-9)15-11-6-12(11,2)3/h5,7-8,11,14-15H,4,6H2,1-3H3. The second-order valence-corrected chi connectivity index (χ2v) is 4.88. The molecule has 1 fully saturated rings. The maximum absolute atomic E-state index is 4.21. The van der Waals surface area contributed by atoms with E-state index in [1.54, 1.807) is 0 Å². The molecule has 1 aliphatic rings. The minimum Gasteiger partial charge on any atom is -0.384 e. The van der Waals surface area contributed by atoms with Crippen molar-refractivity contribution in [1.82, 2.24) is 4.98 Å². The van der Waals surface area contributed by atoms with E-state index in [2.05, 4.69) is 42.5 Å². The van der Waals surface area contributed by atoms with Crippen LogP contribution in [-0.4, -0.2) is 17.6 Å². The summed E-state index contributed by atoms with van der Waals surface area (Å²) in [6.45, 7) is 7.59. The topological polar surface area (TPSA) is 37.0 Å². The highest BCUT2D eigenvalue weighted by Gasteiger charge is 2.45. The summed E-state index contributed by atoms with van der Waals surface area (Å²) in [5.74, 6) is 0. The Labute approximate surface area is 91.3 Å². The lowest BCUT2D eigenvalue weighted by Crippen LogP contribution is -2.09. The smallest absolute Gasteiger partial charge is 0.0549 e. The van der Waals surface area contributed by atoms with Gasteiger partial charge in [0.1, 0.15) is 0 Å². The molecule has 1 saturated carbocycles. The fraction of sp³-hybridized carbons (Fsp3) is 0.583. The molecule has 0 bridgehead atoms. The van der Waals surface area contributed by atoms with Crippen LogP contribution in [-0.2, 0) is 0 Å². The van der Waals surface area contributed by atoms with Crippen LogP contribution in [0, 0.1) is 5.41 Å². The molecule has 1 aliphatic carbocycles. The van der Waals surface area contributed by atoms with E-state index in [0.717, 1.165) is 17.9 Å². The highest BCUT2D eigenvalue weighted by atomic mass is 15.0. The molecule has 0 aromatic carbocycles. The monoisotopic (exact) mass is 205 g/mol. The van der Waals surface area contributed by atoms with E-state index >= 15 is 0 Å². The van der Waals surface area contributed by atoms with Crippen molar-refractivity contribution in [2.24, 2.45) is 5.41 Å². The van der Waals surface area contributed by atoms with Gasteiger partial charge in [-0.05, 0) is 24.8 Å². The summed E-state index contributed by atoms with van der Waals surface area (Å²) in [6.07, 6.45) is 4.99. The van der Waals surface area contributed by atoms with Crippen LogP contribution in [0.1, 0.15) is 27.2 Å². The number of nitrogens with one attached hydrogen (secondary N) is 2. The third-order valence-corrected chi connectivity index (χ3v) is 2.97. The maximum atomic E-state index is 4.21. The number of hydrogen-bond acceptors (Lipinski definition) is 3. The minimum absolute atomic E-state index is 0.453. The normalized spacial score (nSPS) is 22.2. The van der Waals surface area contributed by atoms with Gasteiger partial charge in [-0.3, -0.25) is 4.98 Å². The van der Waals surface area contributed by atoms with E-state index in [9.17, 15) is 0 Å². The molecule has 0 spiro atoms. The Hall–Kier alpha value is -1.25. The second-order valence-electron chi connectivity index (χ2n) is 4.88. The molecule has 1 aromatic rings. The van der Waals surface area contributed by atoms with Crippen molar-refractivity contribution in [3.05, 3.63) is 18.5 Å². The Morgan fingerprint density at radius 1 is 1.40 bits per heavy atom. The number of anilines is 2. The molecular weight excluding hydrogens is 186 g/mol. The summed E-state index contributed by atoms with van der Waals surface area (Å²) in [5.41, 5.74) is 2.65. The van der Waals surface area contributed by atoms with E-state index in [1.165, 1.54) is 6.42 Å². The first kappa shape index (κ1) is 10.3. The third kappa shape index (κ3) is 2.41. The third-order valence-electron chi connectivity index (χ3n) is 2.97. The lowest BCUT2D eigenvalue weighted by Gasteiger charge is -2.09. The Bertz CT molecular complexity index is 346. The average Bonchev–Trinajstić information content (AvgIpc) is 2.74. The Balaban J connectivity index is 2.00. The van der Waals surface area contributed by atoms with Gasteiger partial charge in [0.25, 0.3) is 0 Å². The van der Waals surface area contributed by atoms with Crippen molar-refractivity contribution in [1.29, 1.82) is 0 Å². The fourth-order valence-electron chi connectivity index (χ4n) is 1.73. The zero-order valence-corrected chi connectivity index (χ0v) is 9.67. The number of aromatic nitrogens is 1. The van der Waals surface area contributed by atoms with Crippen molar-refractivity contribution in [2.75, 3.05) is 17.2 Å². The summed E-state index contributed by atoms with van der Waals surface area (Å²) in [7, 11) is 0. The molecule has 1 atom stereocenters. The van der Waals surface area contributed by atoms with Crippen LogP contribution >= 0.6 is 0 Å². The summed E-state index contributed by atoms with van der Waals surface area (Å²) in [6, 6.07) is 2.72. The number of hydrogen-bond donors (Lipinski definition) is 2. The highest BCUT2D eigenvalue weighted by Crippen LogP contribution is 2.46. The van der Waals surface area contributed by atoms with Crippen molar-refractivity contribution in [3.8, 4) is 0 Å². The molecule has 2 rings (SSSR count). The lowest BCUT2D eigenvalue weighted by molar-refractivity contribution is 0.630. The van der Waals surface area contributed by atoms with Gasteiger partial charge in [-0.25, -0.2) is 0 Å². The molecule has 1 unspecified atom stereocenters. The van der Waals surface area contributed by atoms with Crippen molar-refractivity contribution in [2.45, 2.75) is 33.2 Å². The largest absolute Gasteiger partial charge is 0.384 e. The van der Waals surface area contributed by atoms with Gasteiger partial charge < -0.3 is 10.6 Å². The molecule has 1 aromatic heterocycles. The van der Waals surface area contributed by atoms with Crippen LogP contribution in [0.4, 0.5) is 11.4 Å². The number of nitrogens with zero attached hydrogens (tertiary/aromatic N) is 1. The first-order valence-corrected chi connectivity index (χ1v) is 5.57. The van der Waals surface area contributed by atoms with Gasteiger partial charge in [0.05, 0.1) is 23.8 Å². The molecule has 1 heterocycles. The summed E-state index contributed by atoms with van der Waals surface area (Å²) >= 11 is 0. The molecule has 0 aliphatic heterocycles. The molecular formula is C12H19N3. The SMILES string of the molecule is CCNc1cncc(NC2CC2(C)C)c1. The van der Waals surface area contributed by atoms with Crippen molar-refractivity contribution in [3.63, 3.8) is 0 Å². The zero-order valence-electron chi connectivity index (χ0n) is 9.67. The number of rotatable bonds is 4. The number of pyridine rings is 1. The van der Waals surface area contributed by atoms with Crippen LogP contribution in [0.15, 0.2) is 18.5 Å². The molecule has 3 heteroatoms. The summed E-state index contributed by atoms with van der Waals surface area (Å²) in [4.78, 5) is 4.21. The van der Waals surface area contributed by atoms with Gasteiger partial charge in [0.15, 0.2) is 0 Å². The lowest BCUT2D eigenvalue weighted by atomic mass is 10.2. The first-order valence-electron chi connectivity index (χ1n) is 5.57. The van der Waals surface area contributed by atoms with E-state index in [-0.39, 0.29) is 0 Å². The average molecular weight is 205 g/mol. The Kier molecular flexibility index (Phi) is 2.55. The van der Waals surface area contributed by atoms with E-state index in [1.807, 2.05) is 12.4 Å². The predicted octanol–water partition coefficient (Wildman–Crippen LogP) is 2.72. The fourth-order valence-corrected chi connectivity index (χ4v) is 1.73. The van der Waals surface area contributed by atoms with E-state index < -0.39 is 0 Å². The van der Waals surface area contributed by atoms with Crippen LogP contribution in [0.3, 0.4) is 0 Å². The molecule has 2 N–H and O–H groups in total. The van der Waals surface area contributed by atoms with Crippen LogP contribution in [0.5, 0.6) is 0 Å². The van der Waals surface area contributed by atoms with Crippen LogP contribution < -0.4 is 10.6 Å². The quantitative estimate of drug-likeness (QED) is 0.793. The molecule has 0 radical (unpaired) electrons. The zero-order chi connectivity index (χ0) is 10.9. The molecule has 82 valence electrons. The minimum atomic E-state index is 0.453. The molecule has 0 saturated heterocycles. The van der Waals surface area contributed by atoms with Gasteiger partial charge >= 0.3 is 0 Å². The molecule has 3 nitrogen and oxygen atoms in total. The van der Waals surface area contributed by atoms with Gasteiger partial charge in [0, 0.05) is 12.6 Å². The van der Waals surface area contributed by atoms with Gasteiger partial charge in [0.2, 0.25) is 0 Å². The predicted molar refractivity (Wildman–Crippen MR) is 64.2 cm³/mol. The van der Waals surface area contributed by atoms with Crippen molar-refractivity contribution < 1.29 is 0 Å². The highest BCUT2D eigenvalue weighted by molar-refractivity contribution is 5.55. The Morgan fingerprint density at radius 3 is 2.67 bits per heavy atom. The van der Waals surface area contributed by atoms with Crippen molar-refractivity contribution >= 4 is 11.4 Å². The first-order chi connectivity index (χ1) is 7.12. The van der Waals surface area contributed by atoms with E-state index in [4.69, 9.17) is 0 Å². The second kappa shape index (κ2) is 3.72. The molecule has 15 heavy (non-hydrogen) atoms. The Morgan fingerprint density at radius 2 is 2.07 bits per heavy atom.